The lowest BCUT2D eigenvalue weighted by Crippen LogP contribution is -2.12. The van der Waals surface area contributed by atoms with E-state index in [1.807, 2.05) is 13.8 Å². The van der Waals surface area contributed by atoms with Gasteiger partial charge in [0.2, 0.25) is 0 Å². The van der Waals surface area contributed by atoms with Crippen LogP contribution >= 0.6 is 0 Å². The average Bonchev–Trinajstić information content (AvgIpc) is 2.33. The van der Waals surface area contributed by atoms with Crippen molar-refractivity contribution < 1.29 is 4.79 Å². The highest BCUT2D eigenvalue weighted by Gasteiger charge is 2.15. The summed E-state index contributed by atoms with van der Waals surface area (Å²) in [6.07, 6.45) is 10.6. The van der Waals surface area contributed by atoms with Crippen molar-refractivity contribution in [3.05, 3.63) is 35.5 Å². The van der Waals surface area contributed by atoms with Gasteiger partial charge in [0.1, 0.15) is 6.29 Å². The summed E-state index contributed by atoms with van der Waals surface area (Å²) in [7, 11) is 0. The largest absolute Gasteiger partial charge is 0.303 e. The van der Waals surface area contributed by atoms with Crippen LogP contribution in [0, 0.1) is 5.41 Å². The molecule has 0 aromatic rings. The molecule has 0 saturated carbocycles. The molecular weight excluding hydrogens is 232 g/mol. The quantitative estimate of drug-likeness (QED) is 0.389. The third-order valence-electron chi connectivity index (χ3n) is 3.27. The van der Waals surface area contributed by atoms with E-state index in [2.05, 4.69) is 39.5 Å². The summed E-state index contributed by atoms with van der Waals surface area (Å²) in [5.41, 5.74) is 3.81. The van der Waals surface area contributed by atoms with Crippen LogP contribution in [0.2, 0.25) is 0 Å². The van der Waals surface area contributed by atoms with Crippen molar-refractivity contribution >= 4 is 6.29 Å². The van der Waals surface area contributed by atoms with E-state index < -0.39 is 0 Å². The molecule has 0 unspecified atom stereocenters. The molecule has 1 nitrogen and oxygen atoms in total. The van der Waals surface area contributed by atoms with Crippen LogP contribution in [-0.4, -0.2) is 6.29 Å². The molecule has 0 radical (unpaired) electrons. The fourth-order valence-corrected chi connectivity index (χ4v) is 1.67. The molecule has 0 atom stereocenters. The van der Waals surface area contributed by atoms with E-state index in [0.29, 0.717) is 0 Å². The number of hydrogen-bond acceptors (Lipinski definition) is 1. The molecule has 0 amide bonds. The summed E-state index contributed by atoms with van der Waals surface area (Å²) in [6.45, 7) is 14.5. The molecule has 0 fully saturated rings. The fourth-order valence-electron chi connectivity index (χ4n) is 1.67. The fraction of sp³-hybridized carbons (Fsp3) is 0.611. The minimum Gasteiger partial charge on any atom is -0.303 e. The lowest BCUT2D eigenvalue weighted by atomic mass is 9.87. The van der Waals surface area contributed by atoms with Gasteiger partial charge in [-0.3, -0.25) is 0 Å². The van der Waals surface area contributed by atoms with Gasteiger partial charge in [0.25, 0.3) is 0 Å². The molecule has 0 heterocycles. The van der Waals surface area contributed by atoms with E-state index in [4.69, 9.17) is 0 Å². The molecule has 1 heteroatoms. The van der Waals surface area contributed by atoms with E-state index in [-0.39, 0.29) is 5.41 Å². The number of hydrogen-bond donors (Lipinski definition) is 0. The minimum absolute atomic E-state index is 0.217. The zero-order chi connectivity index (χ0) is 14.9. The maximum absolute atomic E-state index is 10.8. The van der Waals surface area contributed by atoms with Gasteiger partial charge in [0.15, 0.2) is 0 Å². The average molecular weight is 262 g/mol. The van der Waals surface area contributed by atoms with Gasteiger partial charge in [-0.25, -0.2) is 0 Å². The van der Waals surface area contributed by atoms with Gasteiger partial charge in [0, 0.05) is 5.41 Å². The van der Waals surface area contributed by atoms with Crippen LogP contribution in [0.25, 0.3) is 0 Å². The van der Waals surface area contributed by atoms with Crippen molar-refractivity contribution in [3.8, 4) is 0 Å². The molecule has 0 saturated heterocycles. The smallest absolute Gasteiger partial charge is 0.125 e. The predicted octanol–water partition coefficient (Wildman–Crippen LogP) is 5.63. The normalized spacial score (nSPS) is 12.2. The van der Waals surface area contributed by atoms with Gasteiger partial charge in [-0.1, -0.05) is 49.3 Å². The Hall–Kier alpha value is -1.11. The Kier molecular flexibility index (Phi) is 8.38. The molecule has 0 N–H and O–H groups in total. The third kappa shape index (κ3) is 10.5. The van der Waals surface area contributed by atoms with Crippen LogP contribution in [0.3, 0.4) is 0 Å². The van der Waals surface area contributed by atoms with Crippen LogP contribution in [0.5, 0.6) is 0 Å². The SMILES string of the molecule is C=C(C/C=C(\C)CCC=C(C)C)CCC(C)(C)C=O. The first-order valence-corrected chi connectivity index (χ1v) is 7.19. The van der Waals surface area contributed by atoms with Gasteiger partial charge >= 0.3 is 0 Å². The third-order valence-corrected chi connectivity index (χ3v) is 3.27. The predicted molar refractivity (Wildman–Crippen MR) is 85.3 cm³/mol. The van der Waals surface area contributed by atoms with Crippen LogP contribution in [0.4, 0.5) is 0 Å². The van der Waals surface area contributed by atoms with Gasteiger partial charge in [-0.05, 0) is 52.9 Å². The second-order valence-corrected chi connectivity index (χ2v) is 6.43. The monoisotopic (exact) mass is 262 g/mol. The molecule has 108 valence electrons. The van der Waals surface area contributed by atoms with Crippen LogP contribution in [0.15, 0.2) is 35.5 Å². The lowest BCUT2D eigenvalue weighted by Gasteiger charge is -2.16. The van der Waals surface area contributed by atoms with Crippen molar-refractivity contribution in [3.63, 3.8) is 0 Å². The van der Waals surface area contributed by atoms with Crippen LogP contribution < -0.4 is 0 Å². The Balaban J connectivity index is 4.00. The molecule has 0 aliphatic carbocycles. The van der Waals surface area contributed by atoms with Crippen molar-refractivity contribution in [1.29, 1.82) is 0 Å². The molecule has 0 aromatic heterocycles. The minimum atomic E-state index is -0.217. The molecule has 19 heavy (non-hydrogen) atoms. The summed E-state index contributed by atoms with van der Waals surface area (Å²) < 4.78 is 0. The van der Waals surface area contributed by atoms with Gasteiger partial charge in [-0.15, -0.1) is 0 Å². The highest BCUT2D eigenvalue weighted by molar-refractivity contribution is 5.57. The topological polar surface area (TPSA) is 17.1 Å². The first-order valence-electron chi connectivity index (χ1n) is 7.19. The summed E-state index contributed by atoms with van der Waals surface area (Å²) in [5.74, 6) is 0. The van der Waals surface area contributed by atoms with Crippen molar-refractivity contribution in [2.24, 2.45) is 5.41 Å². The first kappa shape index (κ1) is 17.9. The second kappa shape index (κ2) is 8.90. The van der Waals surface area contributed by atoms with Crippen LogP contribution in [0.1, 0.15) is 66.7 Å². The second-order valence-electron chi connectivity index (χ2n) is 6.43. The Morgan fingerprint density at radius 1 is 1.11 bits per heavy atom. The van der Waals surface area contributed by atoms with Crippen molar-refractivity contribution in [2.75, 3.05) is 0 Å². The molecule has 0 bridgehead atoms. The van der Waals surface area contributed by atoms with Gasteiger partial charge in [0.05, 0.1) is 0 Å². The van der Waals surface area contributed by atoms with E-state index in [1.165, 1.54) is 16.7 Å². The summed E-state index contributed by atoms with van der Waals surface area (Å²) in [5, 5.41) is 0. The van der Waals surface area contributed by atoms with E-state index >= 15 is 0 Å². The van der Waals surface area contributed by atoms with E-state index in [1.54, 1.807) is 0 Å². The molecule has 0 aliphatic heterocycles. The standard InChI is InChI=1S/C18H30O/c1-15(2)8-7-9-16(3)10-11-17(4)12-13-18(5,6)14-19/h8,10,14H,4,7,9,11-13H2,1-3,5-6H3/b16-10+. The highest BCUT2D eigenvalue weighted by Crippen LogP contribution is 2.23. The maximum atomic E-state index is 10.8. The summed E-state index contributed by atoms with van der Waals surface area (Å²) in [4.78, 5) is 10.8. The zero-order valence-electron chi connectivity index (χ0n) is 13.4. The number of carbonyl (C=O) groups is 1. The molecular formula is C18H30O. The molecule has 0 aliphatic rings. The summed E-state index contributed by atoms with van der Waals surface area (Å²) >= 11 is 0. The number of carbonyl (C=O) groups excluding carboxylic acids is 1. The Morgan fingerprint density at radius 3 is 2.26 bits per heavy atom. The Bertz CT molecular complexity index is 352. The van der Waals surface area contributed by atoms with Gasteiger partial charge < -0.3 is 4.79 Å². The Morgan fingerprint density at radius 2 is 1.74 bits per heavy atom. The van der Waals surface area contributed by atoms with E-state index in [0.717, 1.165) is 38.4 Å². The molecule has 0 spiro atoms. The molecule has 0 aromatic carbocycles. The zero-order valence-corrected chi connectivity index (χ0v) is 13.4. The number of rotatable bonds is 9. The van der Waals surface area contributed by atoms with E-state index in [9.17, 15) is 4.79 Å². The maximum Gasteiger partial charge on any atom is 0.125 e. The first-order chi connectivity index (χ1) is 8.76. The number of allylic oxidation sites excluding steroid dienone is 5. The summed E-state index contributed by atoms with van der Waals surface area (Å²) in [6, 6.07) is 0. The lowest BCUT2D eigenvalue weighted by molar-refractivity contribution is -0.114. The van der Waals surface area contributed by atoms with Crippen LogP contribution in [-0.2, 0) is 4.79 Å². The highest BCUT2D eigenvalue weighted by atomic mass is 16.1. The van der Waals surface area contributed by atoms with Crippen molar-refractivity contribution in [1.82, 2.24) is 0 Å². The Labute approximate surface area is 119 Å². The molecule has 0 rings (SSSR count). The van der Waals surface area contributed by atoms with Crippen molar-refractivity contribution in [2.45, 2.75) is 66.7 Å². The number of aldehydes is 1. The van der Waals surface area contributed by atoms with Gasteiger partial charge in [-0.2, -0.15) is 0 Å².